The Kier molecular flexibility index (Phi) is 6.21. The zero-order chi connectivity index (χ0) is 9.56. The van der Waals surface area contributed by atoms with Crippen molar-refractivity contribution in [1.82, 2.24) is 0 Å². The average Bonchev–Trinajstić information content (AvgIpc) is 2.03. The van der Waals surface area contributed by atoms with E-state index in [0.29, 0.717) is 18.8 Å². The predicted molar refractivity (Wildman–Crippen MR) is 50.5 cm³/mol. The minimum absolute atomic E-state index is 0.330. The Morgan fingerprint density at radius 1 is 1.50 bits per heavy atom. The van der Waals surface area contributed by atoms with Gasteiger partial charge >= 0.3 is 0 Å². The summed E-state index contributed by atoms with van der Waals surface area (Å²) < 4.78 is 5.13. The molecule has 0 atom stereocenters. The Balaban J connectivity index is 4.17. The molecule has 0 heterocycles. The lowest BCUT2D eigenvalue weighted by atomic mass is 10.3. The molecule has 0 rings (SSSR count). The molecular weight excluding hydrogens is 199 g/mol. The Morgan fingerprint density at radius 3 is 2.42 bits per heavy atom. The maximum Gasteiger partial charge on any atom is 0.191 e. The van der Waals surface area contributed by atoms with Crippen LogP contribution in [0.4, 0.5) is 0 Å². The van der Waals surface area contributed by atoms with Gasteiger partial charge in [-0.1, -0.05) is 30.1 Å². The van der Waals surface area contributed by atoms with Crippen LogP contribution in [-0.4, -0.2) is 17.2 Å². The van der Waals surface area contributed by atoms with Gasteiger partial charge in [0.05, 0.1) is 12.4 Å². The van der Waals surface area contributed by atoms with E-state index in [1.165, 1.54) is 6.08 Å². The monoisotopic (exact) mass is 210 g/mol. The maximum absolute atomic E-state index is 11.0. The van der Waals surface area contributed by atoms with Crippen molar-refractivity contribution in [3.05, 3.63) is 11.8 Å². The van der Waals surface area contributed by atoms with Crippen LogP contribution >= 0.6 is 23.2 Å². The number of carbonyl (C=O) groups excluding carboxylic acids is 1. The first-order chi connectivity index (χ1) is 5.61. The molecule has 70 valence electrons. The summed E-state index contributed by atoms with van der Waals surface area (Å²) in [5.74, 6) is 0.289. The molecule has 0 amide bonds. The van der Waals surface area contributed by atoms with Crippen LogP contribution in [0, 0.1) is 0 Å². The van der Waals surface area contributed by atoms with Gasteiger partial charge in [0.25, 0.3) is 0 Å². The van der Waals surface area contributed by atoms with E-state index >= 15 is 0 Å². The van der Waals surface area contributed by atoms with Gasteiger partial charge in [-0.15, -0.1) is 0 Å². The highest BCUT2D eigenvalue weighted by molar-refractivity contribution is 6.54. The molecule has 0 saturated heterocycles. The molecule has 0 aliphatic rings. The first-order valence-corrected chi connectivity index (χ1v) is 4.64. The molecule has 0 radical (unpaired) electrons. The smallest absolute Gasteiger partial charge is 0.191 e. The van der Waals surface area contributed by atoms with Crippen molar-refractivity contribution in [3.63, 3.8) is 0 Å². The van der Waals surface area contributed by atoms with Crippen molar-refractivity contribution in [2.24, 2.45) is 0 Å². The van der Waals surface area contributed by atoms with Gasteiger partial charge < -0.3 is 4.74 Å². The lowest BCUT2D eigenvalue weighted by Gasteiger charge is -2.04. The van der Waals surface area contributed by atoms with E-state index < -0.39 is 4.84 Å². The molecule has 12 heavy (non-hydrogen) atoms. The number of carbonyl (C=O) groups is 1. The summed E-state index contributed by atoms with van der Waals surface area (Å²) >= 11 is 10.7. The number of alkyl halides is 2. The summed E-state index contributed by atoms with van der Waals surface area (Å²) in [6.45, 7) is 4.29. The Labute approximate surface area is 82.5 Å². The molecule has 0 spiro atoms. The topological polar surface area (TPSA) is 26.3 Å². The van der Waals surface area contributed by atoms with Gasteiger partial charge in [0.2, 0.25) is 0 Å². The van der Waals surface area contributed by atoms with E-state index in [1.807, 2.05) is 13.8 Å². The van der Waals surface area contributed by atoms with Gasteiger partial charge in [-0.25, -0.2) is 0 Å². The highest BCUT2D eigenvalue weighted by Crippen LogP contribution is 2.08. The minimum Gasteiger partial charge on any atom is -0.498 e. The highest BCUT2D eigenvalue weighted by atomic mass is 35.5. The van der Waals surface area contributed by atoms with E-state index in [1.54, 1.807) is 0 Å². The average molecular weight is 211 g/mol. The Hall–Kier alpha value is -0.210. The van der Waals surface area contributed by atoms with Gasteiger partial charge in [0.1, 0.15) is 0 Å². The third-order valence-electron chi connectivity index (χ3n) is 1.20. The van der Waals surface area contributed by atoms with E-state index in [0.717, 1.165) is 0 Å². The largest absolute Gasteiger partial charge is 0.498 e. The van der Waals surface area contributed by atoms with Crippen molar-refractivity contribution in [3.8, 4) is 0 Å². The van der Waals surface area contributed by atoms with Crippen LogP contribution in [0.3, 0.4) is 0 Å². The van der Waals surface area contributed by atoms with Crippen molar-refractivity contribution in [2.75, 3.05) is 6.61 Å². The van der Waals surface area contributed by atoms with Crippen LogP contribution in [-0.2, 0) is 9.53 Å². The molecule has 4 heteroatoms. The normalized spacial score (nSPS) is 11.9. The molecule has 2 nitrogen and oxygen atoms in total. The summed E-state index contributed by atoms with van der Waals surface area (Å²) in [7, 11) is 0. The van der Waals surface area contributed by atoms with Crippen LogP contribution in [0.5, 0.6) is 0 Å². The van der Waals surface area contributed by atoms with E-state index in [-0.39, 0.29) is 5.78 Å². The molecule has 0 unspecified atom stereocenters. The van der Waals surface area contributed by atoms with Gasteiger partial charge in [0.15, 0.2) is 10.6 Å². The number of hydrogen-bond donors (Lipinski definition) is 0. The quantitative estimate of drug-likeness (QED) is 0.397. The van der Waals surface area contributed by atoms with Gasteiger partial charge in [0, 0.05) is 12.5 Å². The van der Waals surface area contributed by atoms with E-state index in [4.69, 9.17) is 27.9 Å². The number of halogens is 2. The second-order valence-electron chi connectivity index (χ2n) is 2.10. The molecule has 0 saturated carbocycles. The van der Waals surface area contributed by atoms with Crippen LogP contribution in [0.2, 0.25) is 0 Å². The second kappa shape index (κ2) is 6.32. The number of ketones is 1. The zero-order valence-corrected chi connectivity index (χ0v) is 8.65. The van der Waals surface area contributed by atoms with Crippen LogP contribution in [0.1, 0.15) is 20.3 Å². The summed E-state index contributed by atoms with van der Waals surface area (Å²) in [5, 5.41) is 0. The number of ether oxygens (including phenoxy) is 1. The van der Waals surface area contributed by atoms with Crippen molar-refractivity contribution in [2.45, 2.75) is 25.1 Å². The van der Waals surface area contributed by atoms with Crippen LogP contribution < -0.4 is 0 Å². The summed E-state index contributed by atoms with van der Waals surface area (Å²) in [4.78, 5) is 9.97. The summed E-state index contributed by atoms with van der Waals surface area (Å²) in [6, 6.07) is 0. The van der Waals surface area contributed by atoms with Crippen molar-refractivity contribution < 1.29 is 9.53 Å². The maximum atomic E-state index is 11.0. The molecule has 0 aromatic rings. The predicted octanol–water partition coefficient (Wildman–Crippen LogP) is 2.69. The van der Waals surface area contributed by atoms with Gasteiger partial charge in [-0.3, -0.25) is 4.79 Å². The Morgan fingerprint density at radius 2 is 2.08 bits per heavy atom. The summed E-state index contributed by atoms with van der Waals surface area (Å²) in [6.07, 6.45) is 2.01. The highest BCUT2D eigenvalue weighted by Gasteiger charge is 2.09. The zero-order valence-electron chi connectivity index (χ0n) is 7.14. The number of rotatable bonds is 5. The fourth-order valence-electron chi connectivity index (χ4n) is 0.653. The fourth-order valence-corrected chi connectivity index (χ4v) is 0.779. The first-order valence-electron chi connectivity index (χ1n) is 3.77. The van der Waals surface area contributed by atoms with E-state index in [2.05, 4.69) is 0 Å². The number of hydrogen-bond acceptors (Lipinski definition) is 2. The number of allylic oxidation sites excluding steroid dienone is 2. The van der Waals surface area contributed by atoms with E-state index in [9.17, 15) is 4.79 Å². The standard InChI is InChI=1S/C8H12Cl2O2/c1-3-6(12-4-2)5-7(11)8(9)10/h5,8H,3-4H2,1-2H3/b6-5+. The molecule has 0 aromatic heterocycles. The minimum atomic E-state index is -0.994. The second-order valence-corrected chi connectivity index (χ2v) is 3.20. The van der Waals surface area contributed by atoms with Gasteiger partial charge in [-0.05, 0) is 6.92 Å². The molecule has 0 aliphatic carbocycles. The molecule has 0 bridgehead atoms. The van der Waals surface area contributed by atoms with Gasteiger partial charge in [-0.2, -0.15) is 0 Å². The Bertz CT molecular complexity index is 176. The van der Waals surface area contributed by atoms with Crippen LogP contribution in [0.25, 0.3) is 0 Å². The summed E-state index contributed by atoms with van der Waals surface area (Å²) in [5.41, 5.74) is 0. The SMILES string of the molecule is CCO/C(=C/C(=O)C(Cl)Cl)CC. The third kappa shape index (κ3) is 4.62. The molecule has 0 aliphatic heterocycles. The van der Waals surface area contributed by atoms with Crippen molar-refractivity contribution in [1.29, 1.82) is 0 Å². The molecule has 0 fully saturated rings. The third-order valence-corrected chi connectivity index (χ3v) is 1.63. The van der Waals surface area contributed by atoms with Crippen molar-refractivity contribution >= 4 is 29.0 Å². The fraction of sp³-hybridized carbons (Fsp3) is 0.625. The first kappa shape index (κ1) is 11.8. The molecular formula is C8H12Cl2O2. The lowest BCUT2D eigenvalue weighted by Crippen LogP contribution is -2.05. The lowest BCUT2D eigenvalue weighted by molar-refractivity contribution is -0.113. The van der Waals surface area contributed by atoms with Crippen LogP contribution in [0.15, 0.2) is 11.8 Å². The molecule has 0 aromatic carbocycles. The molecule has 0 N–H and O–H groups in total.